The van der Waals surface area contributed by atoms with Crippen LogP contribution in [-0.4, -0.2) is 49.4 Å². The Kier molecular flexibility index (Phi) is 5.35. The summed E-state index contributed by atoms with van der Waals surface area (Å²) in [7, 11) is -2.23. The van der Waals surface area contributed by atoms with Crippen LogP contribution in [0.5, 0.6) is 5.75 Å². The molecule has 136 valence electrons. The first-order valence-corrected chi connectivity index (χ1v) is 10.5. The molecule has 1 saturated carbocycles. The van der Waals surface area contributed by atoms with Crippen LogP contribution in [0, 0.1) is 0 Å². The lowest BCUT2D eigenvalue weighted by Crippen LogP contribution is -2.54. The van der Waals surface area contributed by atoms with Crippen molar-refractivity contribution in [2.75, 3.05) is 12.9 Å². The van der Waals surface area contributed by atoms with Crippen molar-refractivity contribution in [1.29, 1.82) is 0 Å². The molecule has 25 heavy (non-hydrogen) atoms. The summed E-state index contributed by atoms with van der Waals surface area (Å²) >= 11 is 0.974. The van der Waals surface area contributed by atoms with Crippen molar-refractivity contribution >= 4 is 32.9 Å². The Morgan fingerprint density at radius 3 is 2.44 bits per heavy atom. The van der Waals surface area contributed by atoms with Gasteiger partial charge in [0.25, 0.3) is 5.24 Å². The van der Waals surface area contributed by atoms with Crippen LogP contribution in [0.15, 0.2) is 29.2 Å². The Balaban J connectivity index is 1.80. The summed E-state index contributed by atoms with van der Waals surface area (Å²) in [6.07, 6.45) is 2.94. The number of ether oxygens (including phenoxy) is 1. The second kappa shape index (κ2) is 7.35. The van der Waals surface area contributed by atoms with Crippen LogP contribution in [0.4, 0.5) is 4.79 Å². The zero-order valence-electron chi connectivity index (χ0n) is 13.8. The lowest BCUT2D eigenvalue weighted by Gasteiger charge is -2.36. The Morgan fingerprint density at radius 1 is 1.16 bits per heavy atom. The van der Waals surface area contributed by atoms with Crippen molar-refractivity contribution in [2.24, 2.45) is 0 Å². The number of sulfonamides is 1. The van der Waals surface area contributed by atoms with Crippen LogP contribution < -0.4 is 9.46 Å². The first-order valence-electron chi connectivity index (χ1n) is 8.07. The van der Waals surface area contributed by atoms with E-state index in [1.165, 1.54) is 24.1 Å². The predicted octanol–water partition coefficient (Wildman–Crippen LogP) is 1.98. The van der Waals surface area contributed by atoms with Gasteiger partial charge in [-0.15, -0.1) is 0 Å². The van der Waals surface area contributed by atoms with Crippen LogP contribution in [0.25, 0.3) is 0 Å². The highest BCUT2D eigenvalue weighted by Crippen LogP contribution is 2.31. The molecule has 0 bridgehead atoms. The van der Waals surface area contributed by atoms with Crippen molar-refractivity contribution in [3.63, 3.8) is 0 Å². The molecule has 0 aromatic heterocycles. The molecule has 2 atom stereocenters. The summed E-state index contributed by atoms with van der Waals surface area (Å²) in [5.74, 6) is 0.461. The molecule has 2 amide bonds. The van der Waals surface area contributed by atoms with Crippen molar-refractivity contribution in [3.05, 3.63) is 24.3 Å². The fraction of sp³-hybridized carbons (Fsp3) is 0.500. The normalized spacial score (nSPS) is 24.6. The number of methoxy groups -OCH3 is 1. The lowest BCUT2D eigenvalue weighted by molar-refractivity contribution is -0.127. The minimum absolute atomic E-state index is 0.131. The highest BCUT2D eigenvalue weighted by molar-refractivity contribution is 8.14. The molecule has 2 fully saturated rings. The van der Waals surface area contributed by atoms with Gasteiger partial charge in [-0.1, -0.05) is 24.6 Å². The van der Waals surface area contributed by atoms with Crippen molar-refractivity contribution in [3.8, 4) is 5.75 Å². The molecule has 0 radical (unpaired) electrons. The van der Waals surface area contributed by atoms with Crippen molar-refractivity contribution in [2.45, 2.75) is 42.7 Å². The first kappa shape index (κ1) is 18.2. The summed E-state index contributed by atoms with van der Waals surface area (Å²) < 4.78 is 33.1. The molecule has 2 aliphatic rings. The molecular weight excluding hydrogens is 364 g/mol. The van der Waals surface area contributed by atoms with E-state index in [1.54, 1.807) is 12.1 Å². The summed E-state index contributed by atoms with van der Waals surface area (Å²) in [4.78, 5) is 25.4. The monoisotopic (exact) mass is 384 g/mol. The zero-order valence-corrected chi connectivity index (χ0v) is 15.4. The molecule has 9 heteroatoms. The molecule has 0 unspecified atom stereocenters. The maximum Gasteiger partial charge on any atom is 0.289 e. The largest absolute Gasteiger partial charge is 0.497 e. The molecule has 1 aliphatic carbocycles. The van der Waals surface area contributed by atoms with Crippen LogP contribution in [0.2, 0.25) is 0 Å². The molecule has 1 N–H and O–H groups in total. The maximum atomic E-state index is 12.7. The van der Waals surface area contributed by atoms with E-state index in [9.17, 15) is 18.0 Å². The van der Waals surface area contributed by atoms with E-state index < -0.39 is 22.1 Å². The number of rotatable bonds is 5. The maximum absolute atomic E-state index is 12.7. The number of carbonyl (C=O) groups excluding carboxylic acids is 2. The summed E-state index contributed by atoms with van der Waals surface area (Å²) in [6.45, 7) is 0. The standard InChI is InChI=1S/C16H20N2O5S2/c1-23-11-6-8-12(9-7-11)25(21,22)17-13-4-2-3-5-14(13)18-15(19)10-24-16(18)20/h6-9,13-14,17H,2-5,10H2,1H3/t13-,14+/m0/s1. The quantitative estimate of drug-likeness (QED) is 0.834. The van der Waals surface area contributed by atoms with E-state index in [1.807, 2.05) is 0 Å². The highest BCUT2D eigenvalue weighted by Gasteiger charge is 2.41. The molecular formula is C16H20N2O5S2. The molecule has 1 aromatic carbocycles. The fourth-order valence-electron chi connectivity index (χ4n) is 3.26. The number of hydrogen-bond donors (Lipinski definition) is 1. The number of thioether (sulfide) groups is 1. The second-order valence-electron chi connectivity index (χ2n) is 6.07. The van der Waals surface area contributed by atoms with Gasteiger partial charge in [0.15, 0.2) is 0 Å². The Hall–Kier alpha value is -1.58. The first-order chi connectivity index (χ1) is 11.9. The molecule has 7 nitrogen and oxygen atoms in total. The average Bonchev–Trinajstić information content (AvgIpc) is 2.94. The Morgan fingerprint density at radius 2 is 1.84 bits per heavy atom. The number of hydrogen-bond acceptors (Lipinski definition) is 6. The van der Waals surface area contributed by atoms with Crippen LogP contribution >= 0.6 is 11.8 Å². The average molecular weight is 384 g/mol. The number of nitrogens with zero attached hydrogens (tertiary/aromatic N) is 1. The second-order valence-corrected chi connectivity index (χ2v) is 8.71. The Labute approximate surface area is 151 Å². The number of amides is 2. The Bertz CT molecular complexity index is 747. The topological polar surface area (TPSA) is 92.8 Å². The minimum atomic E-state index is -3.74. The number of benzene rings is 1. The summed E-state index contributed by atoms with van der Waals surface area (Å²) in [5.41, 5.74) is 0. The lowest BCUT2D eigenvalue weighted by atomic mass is 9.90. The molecule has 1 aliphatic heterocycles. The third kappa shape index (κ3) is 3.83. The van der Waals surface area contributed by atoms with Crippen LogP contribution in [0.1, 0.15) is 25.7 Å². The van der Waals surface area contributed by atoms with Gasteiger partial charge >= 0.3 is 0 Å². The van der Waals surface area contributed by atoms with Crippen LogP contribution in [-0.2, 0) is 14.8 Å². The third-order valence-corrected chi connectivity index (χ3v) is 6.86. The van der Waals surface area contributed by atoms with E-state index in [-0.39, 0.29) is 21.8 Å². The molecule has 1 heterocycles. The van der Waals surface area contributed by atoms with Gasteiger partial charge in [0.2, 0.25) is 15.9 Å². The van der Waals surface area contributed by atoms with Crippen LogP contribution in [0.3, 0.4) is 0 Å². The molecule has 1 saturated heterocycles. The van der Waals surface area contributed by atoms with Gasteiger partial charge in [-0.3, -0.25) is 14.5 Å². The molecule has 3 rings (SSSR count). The fourth-order valence-corrected chi connectivity index (χ4v) is 5.33. The van der Waals surface area contributed by atoms with Gasteiger partial charge in [-0.2, -0.15) is 0 Å². The van der Waals surface area contributed by atoms with Gasteiger partial charge < -0.3 is 4.74 Å². The smallest absolute Gasteiger partial charge is 0.289 e. The SMILES string of the molecule is COc1ccc(S(=O)(=O)N[C@H]2CCCC[C@H]2N2C(=O)CSC2=O)cc1. The number of imide groups is 1. The van der Waals surface area contributed by atoms with Gasteiger partial charge in [0.05, 0.1) is 23.8 Å². The number of nitrogens with one attached hydrogen (secondary N) is 1. The highest BCUT2D eigenvalue weighted by atomic mass is 32.2. The van der Waals surface area contributed by atoms with E-state index in [0.717, 1.165) is 24.6 Å². The molecule has 0 spiro atoms. The van der Waals surface area contributed by atoms with Crippen molar-refractivity contribution < 1.29 is 22.7 Å². The summed E-state index contributed by atoms with van der Waals surface area (Å²) in [6, 6.07) is 5.22. The minimum Gasteiger partial charge on any atom is -0.497 e. The van der Waals surface area contributed by atoms with E-state index >= 15 is 0 Å². The zero-order chi connectivity index (χ0) is 18.0. The van der Waals surface area contributed by atoms with E-state index in [2.05, 4.69) is 4.72 Å². The van der Waals surface area contributed by atoms with Gasteiger partial charge in [0.1, 0.15) is 5.75 Å². The van der Waals surface area contributed by atoms with E-state index in [0.29, 0.717) is 18.6 Å². The van der Waals surface area contributed by atoms with Gasteiger partial charge in [-0.25, -0.2) is 13.1 Å². The summed E-state index contributed by atoms with van der Waals surface area (Å²) in [5, 5.41) is -0.287. The van der Waals surface area contributed by atoms with E-state index in [4.69, 9.17) is 4.74 Å². The number of carbonyl (C=O) groups is 2. The van der Waals surface area contributed by atoms with Gasteiger partial charge in [-0.05, 0) is 37.1 Å². The van der Waals surface area contributed by atoms with Gasteiger partial charge in [0, 0.05) is 6.04 Å². The third-order valence-electron chi connectivity index (χ3n) is 4.52. The molecule has 1 aromatic rings. The predicted molar refractivity (Wildman–Crippen MR) is 94.1 cm³/mol. The van der Waals surface area contributed by atoms with Crippen molar-refractivity contribution in [1.82, 2.24) is 9.62 Å².